The van der Waals surface area contributed by atoms with Crippen LogP contribution in [0.4, 0.5) is 5.95 Å². The predicted molar refractivity (Wildman–Crippen MR) is 91.5 cm³/mol. The molecule has 7 nitrogen and oxygen atoms in total. The maximum Gasteiger partial charge on any atom is 0.289 e. The summed E-state index contributed by atoms with van der Waals surface area (Å²) in [4.78, 5) is 25.5. The van der Waals surface area contributed by atoms with Gasteiger partial charge in [-0.25, -0.2) is 9.97 Å². The summed E-state index contributed by atoms with van der Waals surface area (Å²) in [5.41, 5.74) is 0.673. The first-order chi connectivity index (χ1) is 12.2. The number of nitrogens with zero attached hydrogens (tertiary/aromatic N) is 4. The minimum Gasteiger partial charge on any atom is -0.459 e. The molecule has 7 heteroatoms. The number of furan rings is 1. The highest BCUT2D eigenvalue weighted by atomic mass is 16.5. The van der Waals surface area contributed by atoms with Crippen molar-refractivity contribution in [3.05, 3.63) is 42.1 Å². The Bertz CT molecular complexity index is 727. The molecule has 2 saturated heterocycles. The van der Waals surface area contributed by atoms with Crippen molar-refractivity contribution in [3.63, 3.8) is 0 Å². The monoisotopic (exact) mass is 342 g/mol. The summed E-state index contributed by atoms with van der Waals surface area (Å²) in [5.74, 6) is 1.03. The second kappa shape index (κ2) is 6.48. The first kappa shape index (κ1) is 16.1. The number of hydrogen-bond acceptors (Lipinski definition) is 6. The van der Waals surface area contributed by atoms with Crippen molar-refractivity contribution in [2.75, 3.05) is 37.7 Å². The Morgan fingerprint density at radius 3 is 2.84 bits per heavy atom. The molecule has 132 valence electrons. The molecule has 2 aliphatic heterocycles. The van der Waals surface area contributed by atoms with E-state index in [-0.39, 0.29) is 11.5 Å². The van der Waals surface area contributed by atoms with Crippen LogP contribution in [0.2, 0.25) is 0 Å². The molecule has 0 aliphatic carbocycles. The average molecular weight is 342 g/mol. The Morgan fingerprint density at radius 1 is 1.24 bits per heavy atom. The molecule has 25 heavy (non-hydrogen) atoms. The molecular formula is C18H22N4O3. The van der Waals surface area contributed by atoms with E-state index in [2.05, 4.69) is 14.9 Å². The van der Waals surface area contributed by atoms with E-state index >= 15 is 0 Å². The van der Waals surface area contributed by atoms with E-state index in [1.165, 1.54) is 6.26 Å². The SMILES string of the molecule is Cc1cnc(N2CCO[C@@]3(CCCN(C(=O)c4ccco4)C3)C2)nc1. The van der Waals surface area contributed by atoms with Crippen LogP contribution in [0.1, 0.15) is 29.0 Å². The zero-order chi connectivity index (χ0) is 17.3. The number of hydrogen-bond donors (Lipinski definition) is 0. The molecule has 0 N–H and O–H groups in total. The standard InChI is InChI=1S/C18H22N4O3/c1-14-10-19-17(20-11-14)22-7-9-25-18(13-22)5-3-6-21(12-18)16(23)15-4-2-8-24-15/h2,4,8,10-11H,3,5-7,9,12-13H2,1H3/t18-/m1/s1. The van der Waals surface area contributed by atoms with Crippen LogP contribution in [0, 0.1) is 6.92 Å². The minimum absolute atomic E-state index is 0.0728. The van der Waals surface area contributed by atoms with Crippen molar-refractivity contribution >= 4 is 11.9 Å². The molecule has 0 radical (unpaired) electrons. The summed E-state index contributed by atoms with van der Waals surface area (Å²) in [6.45, 7) is 5.33. The Balaban J connectivity index is 1.50. The number of rotatable bonds is 2. The third-order valence-corrected chi connectivity index (χ3v) is 4.86. The number of amides is 1. The lowest BCUT2D eigenvalue weighted by atomic mass is 9.90. The fourth-order valence-electron chi connectivity index (χ4n) is 3.64. The second-order valence-electron chi connectivity index (χ2n) is 6.82. The molecule has 1 spiro atoms. The van der Waals surface area contributed by atoms with Crippen LogP contribution in [0.25, 0.3) is 0 Å². The lowest BCUT2D eigenvalue weighted by Crippen LogP contribution is -2.61. The summed E-state index contributed by atoms with van der Waals surface area (Å²) in [6, 6.07) is 3.44. The number of likely N-dealkylation sites (tertiary alicyclic amines) is 1. The highest BCUT2D eigenvalue weighted by Crippen LogP contribution is 2.31. The highest BCUT2D eigenvalue weighted by molar-refractivity contribution is 5.91. The number of ether oxygens (including phenoxy) is 1. The molecule has 1 amide bonds. The Hall–Kier alpha value is -2.41. The van der Waals surface area contributed by atoms with Crippen molar-refractivity contribution in [3.8, 4) is 0 Å². The highest BCUT2D eigenvalue weighted by Gasteiger charge is 2.42. The van der Waals surface area contributed by atoms with Crippen LogP contribution in [0.3, 0.4) is 0 Å². The van der Waals surface area contributed by atoms with Gasteiger partial charge in [-0.2, -0.15) is 0 Å². The van der Waals surface area contributed by atoms with Gasteiger partial charge in [0.2, 0.25) is 5.95 Å². The van der Waals surface area contributed by atoms with Crippen LogP contribution in [0.5, 0.6) is 0 Å². The van der Waals surface area contributed by atoms with Gasteiger partial charge < -0.3 is 19.0 Å². The summed E-state index contributed by atoms with van der Waals surface area (Å²) < 4.78 is 11.4. The fraction of sp³-hybridized carbons (Fsp3) is 0.500. The molecule has 2 aromatic rings. The maximum atomic E-state index is 12.6. The number of carbonyl (C=O) groups excluding carboxylic acids is 1. The average Bonchev–Trinajstić information content (AvgIpc) is 3.16. The zero-order valence-electron chi connectivity index (χ0n) is 14.4. The summed E-state index contributed by atoms with van der Waals surface area (Å²) >= 11 is 0. The molecule has 0 aromatic carbocycles. The third kappa shape index (κ3) is 3.24. The number of carbonyl (C=O) groups is 1. The maximum absolute atomic E-state index is 12.6. The second-order valence-corrected chi connectivity index (χ2v) is 6.82. The van der Waals surface area contributed by atoms with E-state index in [9.17, 15) is 4.79 Å². The topological polar surface area (TPSA) is 71.7 Å². The Labute approximate surface area is 146 Å². The molecule has 0 unspecified atom stereocenters. The zero-order valence-corrected chi connectivity index (χ0v) is 14.4. The van der Waals surface area contributed by atoms with Crippen molar-refractivity contribution in [1.82, 2.24) is 14.9 Å². The van der Waals surface area contributed by atoms with Gasteiger partial charge in [-0.05, 0) is 37.5 Å². The lowest BCUT2D eigenvalue weighted by molar-refractivity contribution is -0.0912. The summed E-state index contributed by atoms with van der Waals surface area (Å²) in [5, 5.41) is 0. The van der Waals surface area contributed by atoms with Crippen LogP contribution >= 0.6 is 0 Å². The van der Waals surface area contributed by atoms with E-state index < -0.39 is 0 Å². The molecule has 4 heterocycles. The molecule has 2 aliphatic rings. The lowest BCUT2D eigenvalue weighted by Gasteiger charge is -2.47. The van der Waals surface area contributed by atoms with Gasteiger partial charge in [-0.3, -0.25) is 4.79 Å². The van der Waals surface area contributed by atoms with Crippen LogP contribution < -0.4 is 4.90 Å². The number of anilines is 1. The number of piperidine rings is 1. The van der Waals surface area contributed by atoms with Gasteiger partial charge in [0.05, 0.1) is 26.0 Å². The van der Waals surface area contributed by atoms with Crippen molar-refractivity contribution < 1.29 is 13.9 Å². The fourth-order valence-corrected chi connectivity index (χ4v) is 3.64. The van der Waals surface area contributed by atoms with Crippen molar-refractivity contribution in [1.29, 1.82) is 0 Å². The Morgan fingerprint density at radius 2 is 2.08 bits per heavy atom. The van der Waals surface area contributed by atoms with E-state index in [1.807, 2.05) is 24.2 Å². The molecule has 0 bridgehead atoms. The van der Waals surface area contributed by atoms with E-state index in [0.717, 1.165) is 37.4 Å². The first-order valence-corrected chi connectivity index (χ1v) is 8.66. The molecule has 4 rings (SSSR count). The summed E-state index contributed by atoms with van der Waals surface area (Å²) in [6.07, 6.45) is 7.03. The Kier molecular flexibility index (Phi) is 4.17. The van der Waals surface area contributed by atoms with E-state index in [1.54, 1.807) is 12.1 Å². The normalized spacial score (nSPS) is 23.9. The van der Waals surface area contributed by atoms with Crippen molar-refractivity contribution in [2.45, 2.75) is 25.4 Å². The van der Waals surface area contributed by atoms with Gasteiger partial charge in [0.1, 0.15) is 5.60 Å². The number of morpholine rings is 1. The summed E-state index contributed by atoms with van der Waals surface area (Å²) in [7, 11) is 0. The largest absolute Gasteiger partial charge is 0.459 e. The molecule has 2 fully saturated rings. The minimum atomic E-state index is -0.368. The van der Waals surface area contributed by atoms with Crippen LogP contribution in [-0.4, -0.2) is 59.2 Å². The molecule has 1 atom stereocenters. The van der Waals surface area contributed by atoms with E-state index in [4.69, 9.17) is 9.15 Å². The van der Waals surface area contributed by atoms with Crippen LogP contribution in [-0.2, 0) is 4.74 Å². The van der Waals surface area contributed by atoms with Gasteiger partial charge in [-0.15, -0.1) is 0 Å². The van der Waals surface area contributed by atoms with E-state index in [0.29, 0.717) is 25.5 Å². The van der Waals surface area contributed by atoms with Crippen LogP contribution in [0.15, 0.2) is 35.2 Å². The van der Waals surface area contributed by atoms with Gasteiger partial charge in [-0.1, -0.05) is 0 Å². The molecule has 2 aromatic heterocycles. The molecule has 0 saturated carbocycles. The first-order valence-electron chi connectivity index (χ1n) is 8.66. The predicted octanol–water partition coefficient (Wildman–Crippen LogP) is 1.89. The number of aromatic nitrogens is 2. The van der Waals surface area contributed by atoms with Crippen molar-refractivity contribution in [2.24, 2.45) is 0 Å². The van der Waals surface area contributed by atoms with Gasteiger partial charge >= 0.3 is 0 Å². The molecular weight excluding hydrogens is 320 g/mol. The van der Waals surface area contributed by atoms with Gasteiger partial charge in [0, 0.05) is 25.5 Å². The van der Waals surface area contributed by atoms with Gasteiger partial charge in [0.25, 0.3) is 5.91 Å². The third-order valence-electron chi connectivity index (χ3n) is 4.86. The van der Waals surface area contributed by atoms with Gasteiger partial charge in [0.15, 0.2) is 5.76 Å². The quantitative estimate of drug-likeness (QED) is 0.830. The smallest absolute Gasteiger partial charge is 0.289 e. The number of aryl methyl sites for hydroxylation is 1.